The van der Waals surface area contributed by atoms with Gasteiger partial charge in [0, 0.05) is 6.54 Å². The Balaban J connectivity index is 0.000000845. The van der Waals surface area contributed by atoms with Crippen molar-refractivity contribution in [1.29, 1.82) is 0 Å². The third-order valence-corrected chi connectivity index (χ3v) is 2.27. The Labute approximate surface area is 84.0 Å². The van der Waals surface area contributed by atoms with Crippen LogP contribution in [0.3, 0.4) is 0 Å². The van der Waals surface area contributed by atoms with Gasteiger partial charge >= 0.3 is 0 Å². The van der Waals surface area contributed by atoms with Crippen LogP contribution in [0.4, 0.5) is 4.39 Å². The molecule has 72 valence electrons. The van der Waals surface area contributed by atoms with Gasteiger partial charge in [0.05, 0.1) is 0 Å². The van der Waals surface area contributed by atoms with Crippen molar-refractivity contribution < 1.29 is 4.39 Å². The molecule has 0 unspecified atom stereocenters. The molecule has 1 saturated heterocycles. The number of nitrogens with zero attached hydrogens (tertiary/aromatic N) is 1. The number of benzene rings is 1. The zero-order valence-corrected chi connectivity index (χ0v) is 8.19. The van der Waals surface area contributed by atoms with Gasteiger partial charge in [-0.25, -0.2) is 4.39 Å². The highest BCUT2D eigenvalue weighted by molar-refractivity contribution is 5.85. The summed E-state index contributed by atoms with van der Waals surface area (Å²) in [6.07, 6.45) is 1.31. The van der Waals surface area contributed by atoms with Crippen LogP contribution in [0.2, 0.25) is 0 Å². The summed E-state index contributed by atoms with van der Waals surface area (Å²) in [6, 6.07) is 6.76. The number of halogens is 2. The Kier molecular flexibility index (Phi) is 3.70. The zero-order valence-electron chi connectivity index (χ0n) is 7.37. The molecule has 1 aromatic carbocycles. The number of hydrogen-bond donors (Lipinski definition) is 0. The molecule has 1 aliphatic rings. The Morgan fingerprint density at radius 2 is 1.77 bits per heavy atom. The van der Waals surface area contributed by atoms with Gasteiger partial charge in [-0.05, 0) is 37.2 Å². The first-order valence-corrected chi connectivity index (χ1v) is 4.31. The Bertz CT molecular complexity index is 256. The van der Waals surface area contributed by atoms with Gasteiger partial charge in [0.2, 0.25) is 0 Å². The van der Waals surface area contributed by atoms with Crippen LogP contribution in [0, 0.1) is 5.82 Å². The average Bonchev–Trinajstić information content (AvgIpc) is 2.00. The second-order valence-corrected chi connectivity index (χ2v) is 3.26. The first-order chi connectivity index (χ1) is 5.84. The molecule has 2 rings (SSSR count). The summed E-state index contributed by atoms with van der Waals surface area (Å²) < 4.78 is 12.5. The van der Waals surface area contributed by atoms with Crippen LogP contribution in [0.1, 0.15) is 12.0 Å². The number of rotatable bonds is 2. The highest BCUT2D eigenvalue weighted by Crippen LogP contribution is 2.12. The molecule has 1 heterocycles. The van der Waals surface area contributed by atoms with Crippen LogP contribution in [-0.2, 0) is 6.54 Å². The Morgan fingerprint density at radius 3 is 2.23 bits per heavy atom. The molecule has 0 aliphatic carbocycles. The predicted octanol–water partition coefficient (Wildman–Crippen LogP) is 2.45. The highest BCUT2D eigenvalue weighted by atomic mass is 35.5. The van der Waals surface area contributed by atoms with Gasteiger partial charge in [0.1, 0.15) is 5.82 Å². The summed E-state index contributed by atoms with van der Waals surface area (Å²) in [5, 5.41) is 0. The minimum atomic E-state index is -0.151. The third kappa shape index (κ3) is 2.68. The molecule has 0 saturated carbocycles. The van der Waals surface area contributed by atoms with Crippen molar-refractivity contribution in [3.63, 3.8) is 0 Å². The summed E-state index contributed by atoms with van der Waals surface area (Å²) in [4.78, 5) is 2.35. The van der Waals surface area contributed by atoms with Gasteiger partial charge in [0.15, 0.2) is 0 Å². The van der Waals surface area contributed by atoms with Crippen molar-refractivity contribution in [2.75, 3.05) is 13.1 Å². The molecule has 1 nitrogen and oxygen atoms in total. The molecule has 1 aliphatic heterocycles. The minimum Gasteiger partial charge on any atom is -0.299 e. The highest BCUT2D eigenvalue weighted by Gasteiger charge is 2.13. The Morgan fingerprint density at radius 1 is 1.15 bits per heavy atom. The summed E-state index contributed by atoms with van der Waals surface area (Å²) in [5.41, 5.74) is 1.20. The molecule has 0 atom stereocenters. The van der Waals surface area contributed by atoms with E-state index in [0.29, 0.717) is 0 Å². The zero-order chi connectivity index (χ0) is 8.39. The molecule has 13 heavy (non-hydrogen) atoms. The van der Waals surface area contributed by atoms with Crippen molar-refractivity contribution in [2.24, 2.45) is 0 Å². The smallest absolute Gasteiger partial charge is 0.123 e. The third-order valence-electron chi connectivity index (χ3n) is 2.27. The molecule has 0 spiro atoms. The van der Waals surface area contributed by atoms with Crippen LogP contribution >= 0.6 is 12.4 Å². The molecular weight excluding hydrogens is 189 g/mol. The maximum atomic E-state index is 12.5. The van der Waals surface area contributed by atoms with Crippen LogP contribution < -0.4 is 0 Å². The molecule has 0 aromatic heterocycles. The molecular formula is C10H13ClFN. The lowest BCUT2D eigenvalue weighted by molar-refractivity contribution is 0.172. The first kappa shape index (κ1) is 10.5. The maximum absolute atomic E-state index is 12.5. The van der Waals surface area contributed by atoms with E-state index in [9.17, 15) is 4.39 Å². The van der Waals surface area contributed by atoms with Crippen molar-refractivity contribution in [3.8, 4) is 0 Å². The molecule has 0 N–H and O–H groups in total. The predicted molar refractivity (Wildman–Crippen MR) is 53.5 cm³/mol. The van der Waals surface area contributed by atoms with Gasteiger partial charge in [0.25, 0.3) is 0 Å². The minimum absolute atomic E-state index is 0. The average molecular weight is 202 g/mol. The van der Waals surface area contributed by atoms with E-state index in [4.69, 9.17) is 0 Å². The second-order valence-electron chi connectivity index (χ2n) is 3.26. The SMILES string of the molecule is Cl.Fc1ccc(CN2CCC2)cc1. The second kappa shape index (κ2) is 4.58. The van der Waals surface area contributed by atoms with Gasteiger partial charge in [-0.3, -0.25) is 4.90 Å². The lowest BCUT2D eigenvalue weighted by Gasteiger charge is -2.30. The topological polar surface area (TPSA) is 3.24 Å². The van der Waals surface area contributed by atoms with Crippen LogP contribution in [-0.4, -0.2) is 18.0 Å². The van der Waals surface area contributed by atoms with Gasteiger partial charge in [-0.15, -0.1) is 12.4 Å². The summed E-state index contributed by atoms with van der Waals surface area (Å²) in [6.45, 7) is 3.36. The van der Waals surface area contributed by atoms with Gasteiger partial charge < -0.3 is 0 Å². The maximum Gasteiger partial charge on any atom is 0.123 e. The van der Waals surface area contributed by atoms with Crippen LogP contribution in [0.25, 0.3) is 0 Å². The van der Waals surface area contributed by atoms with Crippen molar-refractivity contribution in [1.82, 2.24) is 4.90 Å². The molecule has 0 radical (unpaired) electrons. The lowest BCUT2D eigenvalue weighted by atomic mass is 10.1. The van der Waals surface area contributed by atoms with E-state index < -0.39 is 0 Å². The lowest BCUT2D eigenvalue weighted by Crippen LogP contribution is -2.36. The number of hydrogen-bond acceptors (Lipinski definition) is 1. The van der Waals surface area contributed by atoms with Crippen LogP contribution in [0.5, 0.6) is 0 Å². The molecule has 0 amide bonds. The quantitative estimate of drug-likeness (QED) is 0.711. The molecule has 3 heteroatoms. The standard InChI is InChI=1S/C10H12FN.ClH/c11-10-4-2-9(3-5-10)8-12-6-1-7-12;/h2-5H,1,6-8H2;1H. The largest absolute Gasteiger partial charge is 0.299 e. The van der Waals surface area contributed by atoms with E-state index in [2.05, 4.69) is 4.90 Å². The van der Waals surface area contributed by atoms with E-state index in [1.165, 1.54) is 37.2 Å². The van der Waals surface area contributed by atoms with E-state index >= 15 is 0 Å². The molecule has 1 aromatic rings. The first-order valence-electron chi connectivity index (χ1n) is 4.31. The number of likely N-dealkylation sites (tertiary alicyclic amines) is 1. The van der Waals surface area contributed by atoms with Crippen molar-refractivity contribution in [2.45, 2.75) is 13.0 Å². The van der Waals surface area contributed by atoms with E-state index in [1.54, 1.807) is 0 Å². The van der Waals surface area contributed by atoms with Crippen LogP contribution in [0.15, 0.2) is 24.3 Å². The van der Waals surface area contributed by atoms with Crippen molar-refractivity contribution in [3.05, 3.63) is 35.6 Å². The summed E-state index contributed by atoms with van der Waals surface area (Å²) >= 11 is 0. The Hall–Kier alpha value is -0.600. The van der Waals surface area contributed by atoms with E-state index in [-0.39, 0.29) is 18.2 Å². The monoisotopic (exact) mass is 201 g/mol. The van der Waals surface area contributed by atoms with Crippen molar-refractivity contribution >= 4 is 12.4 Å². The summed E-state index contributed by atoms with van der Waals surface area (Å²) in [7, 11) is 0. The van der Waals surface area contributed by atoms with Gasteiger partial charge in [-0.1, -0.05) is 12.1 Å². The summed E-state index contributed by atoms with van der Waals surface area (Å²) in [5.74, 6) is -0.151. The fourth-order valence-corrected chi connectivity index (χ4v) is 1.39. The fraction of sp³-hybridized carbons (Fsp3) is 0.400. The van der Waals surface area contributed by atoms with E-state index in [0.717, 1.165) is 6.54 Å². The van der Waals surface area contributed by atoms with Gasteiger partial charge in [-0.2, -0.15) is 0 Å². The van der Waals surface area contributed by atoms with E-state index in [1.807, 2.05) is 12.1 Å². The fourth-order valence-electron chi connectivity index (χ4n) is 1.39. The molecule has 1 fully saturated rings. The molecule has 0 bridgehead atoms. The normalized spacial score (nSPS) is 16.1.